The molecule has 1 aliphatic heterocycles. The Balaban J connectivity index is 1.15. The average Bonchev–Trinajstić information content (AvgIpc) is 2.82. The molecule has 4 nitrogen and oxygen atoms in total. The van der Waals surface area contributed by atoms with Gasteiger partial charge in [-0.2, -0.15) is 0 Å². The van der Waals surface area contributed by atoms with Gasteiger partial charge in [0.25, 0.3) is 0 Å². The lowest BCUT2D eigenvalue weighted by atomic mass is 10.0. The number of anilines is 2. The lowest BCUT2D eigenvalue weighted by Gasteiger charge is -2.36. The number of benzene rings is 2. The molecule has 32 heavy (non-hydrogen) atoms. The van der Waals surface area contributed by atoms with Crippen molar-refractivity contribution in [3.05, 3.63) is 76.4 Å². The van der Waals surface area contributed by atoms with E-state index in [-0.39, 0.29) is 0 Å². The van der Waals surface area contributed by atoms with Crippen LogP contribution in [-0.2, 0) is 0 Å². The van der Waals surface area contributed by atoms with Crippen LogP contribution in [0.15, 0.2) is 60.8 Å². The molecule has 0 saturated carbocycles. The Morgan fingerprint density at radius 1 is 0.906 bits per heavy atom. The van der Waals surface area contributed by atoms with Crippen molar-refractivity contribution in [2.75, 3.05) is 49.5 Å². The molecule has 2 aromatic carbocycles. The van der Waals surface area contributed by atoms with Crippen molar-refractivity contribution in [2.24, 2.45) is 0 Å². The zero-order chi connectivity index (χ0) is 22.3. The van der Waals surface area contributed by atoms with Crippen molar-refractivity contribution in [1.29, 1.82) is 0 Å². The van der Waals surface area contributed by atoms with Gasteiger partial charge in [0.1, 0.15) is 5.82 Å². The van der Waals surface area contributed by atoms with E-state index >= 15 is 0 Å². The third-order valence-electron chi connectivity index (χ3n) is 6.07. The number of aryl methyl sites for hydroxylation is 1. The minimum absolute atomic E-state index is 0.624. The Hall–Kier alpha value is -2.27. The summed E-state index contributed by atoms with van der Waals surface area (Å²) in [6.45, 7) is 8.27. The fourth-order valence-corrected chi connectivity index (χ4v) is 4.60. The van der Waals surface area contributed by atoms with Crippen LogP contribution < -0.4 is 10.2 Å². The van der Waals surface area contributed by atoms with Crippen LogP contribution in [0, 0.1) is 6.92 Å². The highest BCUT2D eigenvalue weighted by atomic mass is 35.5. The maximum absolute atomic E-state index is 6.38. The van der Waals surface area contributed by atoms with Crippen molar-refractivity contribution in [3.63, 3.8) is 0 Å². The van der Waals surface area contributed by atoms with Crippen LogP contribution in [0.4, 0.5) is 11.5 Å². The summed E-state index contributed by atoms with van der Waals surface area (Å²) in [4.78, 5) is 9.45. The summed E-state index contributed by atoms with van der Waals surface area (Å²) in [5, 5.41) is 4.74. The lowest BCUT2D eigenvalue weighted by Crippen LogP contribution is -2.46. The second-order valence-electron chi connectivity index (χ2n) is 8.28. The van der Waals surface area contributed by atoms with Crippen molar-refractivity contribution in [3.8, 4) is 11.1 Å². The first-order chi connectivity index (χ1) is 15.6. The van der Waals surface area contributed by atoms with Crippen LogP contribution in [0.25, 0.3) is 11.1 Å². The van der Waals surface area contributed by atoms with E-state index in [9.17, 15) is 0 Å². The topological polar surface area (TPSA) is 31.4 Å². The van der Waals surface area contributed by atoms with Gasteiger partial charge in [0, 0.05) is 44.5 Å². The molecule has 1 aliphatic rings. The van der Waals surface area contributed by atoms with Crippen molar-refractivity contribution in [2.45, 2.75) is 19.8 Å². The van der Waals surface area contributed by atoms with Gasteiger partial charge in [-0.15, -0.1) is 0 Å². The van der Waals surface area contributed by atoms with Crippen LogP contribution in [-0.4, -0.2) is 49.2 Å². The summed E-state index contributed by atoms with van der Waals surface area (Å²) in [5.74, 6) is 0.939. The highest BCUT2D eigenvalue weighted by Crippen LogP contribution is 2.32. The Labute approximate surface area is 201 Å². The monoisotopic (exact) mass is 468 g/mol. The molecule has 1 fully saturated rings. The number of aromatic nitrogens is 1. The SMILES string of the molecule is Cc1ccccc1-c1ccc(NCCCCN2CCN(c3cccc(Cl)c3Cl)CC2)nc1. The molecule has 1 N–H and O–H groups in total. The summed E-state index contributed by atoms with van der Waals surface area (Å²) in [6.07, 6.45) is 4.25. The number of nitrogens with one attached hydrogen (secondary N) is 1. The van der Waals surface area contributed by atoms with Crippen LogP contribution in [0.3, 0.4) is 0 Å². The van der Waals surface area contributed by atoms with Gasteiger partial charge in [0.05, 0.1) is 15.7 Å². The molecule has 1 aromatic heterocycles. The lowest BCUT2D eigenvalue weighted by molar-refractivity contribution is 0.254. The van der Waals surface area contributed by atoms with E-state index in [1.165, 1.54) is 17.5 Å². The van der Waals surface area contributed by atoms with Gasteiger partial charge < -0.3 is 10.2 Å². The number of unbranched alkanes of at least 4 members (excludes halogenated alkanes) is 1. The van der Waals surface area contributed by atoms with Crippen LogP contribution >= 0.6 is 23.2 Å². The van der Waals surface area contributed by atoms with E-state index in [1.807, 2.05) is 18.3 Å². The normalized spacial score (nSPS) is 14.5. The third-order valence-corrected chi connectivity index (χ3v) is 6.88. The first kappa shape index (κ1) is 22.9. The van der Waals surface area contributed by atoms with Gasteiger partial charge in [-0.1, -0.05) is 53.5 Å². The minimum Gasteiger partial charge on any atom is -0.370 e. The Morgan fingerprint density at radius 3 is 2.47 bits per heavy atom. The van der Waals surface area contributed by atoms with Crippen LogP contribution in [0.2, 0.25) is 10.0 Å². The zero-order valence-corrected chi connectivity index (χ0v) is 20.0. The fraction of sp³-hybridized carbons (Fsp3) is 0.346. The molecule has 3 aromatic rings. The molecule has 1 saturated heterocycles. The summed E-state index contributed by atoms with van der Waals surface area (Å²) < 4.78 is 0. The number of nitrogens with zero attached hydrogens (tertiary/aromatic N) is 3. The van der Waals surface area contributed by atoms with Crippen LogP contribution in [0.1, 0.15) is 18.4 Å². The number of hydrogen-bond acceptors (Lipinski definition) is 4. The molecule has 168 valence electrons. The predicted molar refractivity (Wildman–Crippen MR) is 137 cm³/mol. The van der Waals surface area contributed by atoms with E-state index in [1.54, 1.807) is 0 Å². The van der Waals surface area contributed by atoms with E-state index < -0.39 is 0 Å². The number of halogens is 2. The van der Waals surface area contributed by atoms with E-state index in [0.29, 0.717) is 10.0 Å². The first-order valence-electron chi connectivity index (χ1n) is 11.3. The molecule has 0 atom stereocenters. The fourth-order valence-electron chi connectivity index (χ4n) is 4.18. The molecule has 0 aliphatic carbocycles. The number of pyridine rings is 1. The van der Waals surface area contributed by atoms with Gasteiger partial charge in [-0.25, -0.2) is 4.98 Å². The second-order valence-corrected chi connectivity index (χ2v) is 9.07. The van der Waals surface area contributed by atoms with Crippen molar-refractivity contribution < 1.29 is 0 Å². The summed E-state index contributed by atoms with van der Waals surface area (Å²) in [5.41, 5.74) is 4.71. The van der Waals surface area contributed by atoms with Crippen molar-refractivity contribution in [1.82, 2.24) is 9.88 Å². The Bertz CT molecular complexity index is 1010. The minimum atomic E-state index is 0.624. The number of piperazine rings is 1. The largest absolute Gasteiger partial charge is 0.370 e. The molecular weight excluding hydrogens is 439 g/mol. The molecule has 0 spiro atoms. The summed E-state index contributed by atoms with van der Waals surface area (Å²) >= 11 is 12.5. The molecule has 2 heterocycles. The molecule has 0 unspecified atom stereocenters. The number of hydrogen-bond donors (Lipinski definition) is 1. The number of rotatable bonds is 8. The quantitative estimate of drug-likeness (QED) is 0.388. The molecule has 6 heteroatoms. The van der Waals surface area contributed by atoms with E-state index in [2.05, 4.69) is 69.5 Å². The molecule has 0 bridgehead atoms. The molecular formula is C26H30Cl2N4. The Morgan fingerprint density at radius 2 is 1.72 bits per heavy atom. The molecule has 0 amide bonds. The van der Waals surface area contributed by atoms with Gasteiger partial charge in [0.15, 0.2) is 0 Å². The highest BCUT2D eigenvalue weighted by Gasteiger charge is 2.19. The third kappa shape index (κ3) is 5.74. The van der Waals surface area contributed by atoms with Gasteiger partial charge in [-0.05, 0) is 61.7 Å². The smallest absolute Gasteiger partial charge is 0.125 e. The second kappa shape index (κ2) is 11.0. The van der Waals surface area contributed by atoms with Crippen molar-refractivity contribution >= 4 is 34.7 Å². The average molecular weight is 469 g/mol. The highest BCUT2D eigenvalue weighted by molar-refractivity contribution is 6.43. The van der Waals surface area contributed by atoms with Gasteiger partial charge in [0.2, 0.25) is 0 Å². The maximum Gasteiger partial charge on any atom is 0.125 e. The first-order valence-corrected chi connectivity index (χ1v) is 12.0. The summed E-state index contributed by atoms with van der Waals surface area (Å²) in [6, 6.07) is 18.5. The van der Waals surface area contributed by atoms with Crippen LogP contribution in [0.5, 0.6) is 0 Å². The predicted octanol–water partition coefficient (Wildman–Crippen LogP) is 6.38. The summed E-state index contributed by atoms with van der Waals surface area (Å²) in [7, 11) is 0. The van der Waals surface area contributed by atoms with E-state index in [4.69, 9.17) is 23.2 Å². The van der Waals surface area contributed by atoms with E-state index in [0.717, 1.165) is 62.8 Å². The van der Waals surface area contributed by atoms with Gasteiger partial charge >= 0.3 is 0 Å². The Kier molecular flexibility index (Phi) is 7.90. The molecule has 4 rings (SSSR count). The molecule has 0 radical (unpaired) electrons. The zero-order valence-electron chi connectivity index (χ0n) is 18.5. The maximum atomic E-state index is 6.38. The van der Waals surface area contributed by atoms with Gasteiger partial charge in [-0.3, -0.25) is 4.90 Å². The standard InChI is InChI=1S/C26H30Cl2N4/c1-20-7-2-3-8-22(20)21-11-12-25(30-19-21)29-13-4-5-14-31-15-17-32(18-16-31)24-10-6-9-23(27)26(24)28/h2-3,6-12,19H,4-5,13-18H2,1H3,(H,29,30).